The molecule has 2 aromatic heterocycles. The van der Waals surface area contributed by atoms with Crippen LogP contribution in [0.4, 0.5) is 0 Å². The summed E-state index contributed by atoms with van der Waals surface area (Å²) in [5.74, 6) is 2.31. The van der Waals surface area contributed by atoms with Crippen LogP contribution < -0.4 is 0 Å². The van der Waals surface area contributed by atoms with Crippen molar-refractivity contribution in [3.63, 3.8) is 0 Å². The SMILES string of the molecule is CCCN(Cc1nnc(C)o1)Cc1nccn1C. The van der Waals surface area contributed by atoms with Gasteiger partial charge in [0.25, 0.3) is 0 Å². The summed E-state index contributed by atoms with van der Waals surface area (Å²) in [5, 5.41) is 7.88. The average molecular weight is 249 g/mol. The van der Waals surface area contributed by atoms with E-state index in [-0.39, 0.29) is 0 Å². The molecule has 0 N–H and O–H groups in total. The van der Waals surface area contributed by atoms with E-state index >= 15 is 0 Å². The molecule has 6 nitrogen and oxygen atoms in total. The maximum atomic E-state index is 5.42. The minimum absolute atomic E-state index is 0.610. The Kier molecular flexibility index (Phi) is 4.09. The minimum Gasteiger partial charge on any atom is -0.424 e. The molecule has 0 spiro atoms. The zero-order chi connectivity index (χ0) is 13.0. The molecule has 0 saturated heterocycles. The molecule has 0 atom stereocenters. The Hall–Kier alpha value is -1.69. The fourth-order valence-electron chi connectivity index (χ4n) is 1.87. The van der Waals surface area contributed by atoms with Crippen molar-refractivity contribution in [3.05, 3.63) is 30.0 Å². The quantitative estimate of drug-likeness (QED) is 0.777. The number of rotatable bonds is 6. The Morgan fingerprint density at radius 1 is 1.33 bits per heavy atom. The Morgan fingerprint density at radius 3 is 2.72 bits per heavy atom. The highest BCUT2D eigenvalue weighted by atomic mass is 16.4. The van der Waals surface area contributed by atoms with Gasteiger partial charge in [-0.25, -0.2) is 4.98 Å². The zero-order valence-electron chi connectivity index (χ0n) is 11.1. The lowest BCUT2D eigenvalue weighted by atomic mass is 10.3. The summed E-state index contributed by atoms with van der Waals surface area (Å²) >= 11 is 0. The fraction of sp³-hybridized carbons (Fsp3) is 0.583. The van der Waals surface area contributed by atoms with E-state index in [1.54, 1.807) is 6.92 Å². The molecule has 6 heteroatoms. The van der Waals surface area contributed by atoms with Gasteiger partial charge in [-0.05, 0) is 13.0 Å². The van der Waals surface area contributed by atoms with Crippen molar-refractivity contribution in [2.45, 2.75) is 33.4 Å². The van der Waals surface area contributed by atoms with Gasteiger partial charge in [0.1, 0.15) is 5.82 Å². The van der Waals surface area contributed by atoms with E-state index in [9.17, 15) is 0 Å². The molecule has 0 saturated carbocycles. The maximum Gasteiger partial charge on any atom is 0.230 e. The van der Waals surface area contributed by atoms with Gasteiger partial charge in [-0.3, -0.25) is 4.90 Å². The van der Waals surface area contributed by atoms with Crippen LogP contribution in [0.5, 0.6) is 0 Å². The molecule has 0 fully saturated rings. The smallest absolute Gasteiger partial charge is 0.230 e. The van der Waals surface area contributed by atoms with Gasteiger partial charge in [-0.15, -0.1) is 10.2 Å². The van der Waals surface area contributed by atoms with Gasteiger partial charge in [0, 0.05) is 26.4 Å². The van der Waals surface area contributed by atoms with Gasteiger partial charge in [-0.2, -0.15) is 0 Å². The van der Waals surface area contributed by atoms with Crippen molar-refractivity contribution < 1.29 is 4.42 Å². The third-order valence-electron chi connectivity index (χ3n) is 2.75. The van der Waals surface area contributed by atoms with Crippen LogP contribution in [0.25, 0.3) is 0 Å². The normalized spacial score (nSPS) is 11.3. The second kappa shape index (κ2) is 5.77. The number of hydrogen-bond acceptors (Lipinski definition) is 5. The van der Waals surface area contributed by atoms with E-state index in [0.717, 1.165) is 25.3 Å². The topological polar surface area (TPSA) is 60.0 Å². The largest absolute Gasteiger partial charge is 0.424 e. The van der Waals surface area contributed by atoms with E-state index in [2.05, 4.69) is 27.0 Å². The van der Waals surface area contributed by atoms with Crippen LogP contribution in [0, 0.1) is 6.92 Å². The van der Waals surface area contributed by atoms with Crippen LogP contribution in [-0.2, 0) is 20.1 Å². The second-order valence-corrected chi connectivity index (χ2v) is 4.38. The molecule has 18 heavy (non-hydrogen) atoms. The lowest BCUT2D eigenvalue weighted by molar-refractivity contribution is 0.222. The van der Waals surface area contributed by atoms with E-state index in [4.69, 9.17) is 4.42 Å². The van der Waals surface area contributed by atoms with Gasteiger partial charge in [0.05, 0.1) is 13.1 Å². The van der Waals surface area contributed by atoms with E-state index in [0.29, 0.717) is 18.3 Å². The van der Waals surface area contributed by atoms with Crippen LogP contribution in [0.3, 0.4) is 0 Å². The molecule has 0 unspecified atom stereocenters. The Morgan fingerprint density at radius 2 is 2.17 bits per heavy atom. The van der Waals surface area contributed by atoms with Crippen molar-refractivity contribution in [3.8, 4) is 0 Å². The summed E-state index contributed by atoms with van der Waals surface area (Å²) in [6, 6.07) is 0. The number of nitrogens with zero attached hydrogens (tertiary/aromatic N) is 5. The number of hydrogen-bond donors (Lipinski definition) is 0. The predicted molar refractivity (Wildman–Crippen MR) is 66.6 cm³/mol. The van der Waals surface area contributed by atoms with E-state index in [1.807, 2.05) is 24.0 Å². The average Bonchev–Trinajstić information content (AvgIpc) is 2.90. The van der Waals surface area contributed by atoms with Crippen molar-refractivity contribution in [1.29, 1.82) is 0 Å². The molecule has 2 aromatic rings. The van der Waals surface area contributed by atoms with Gasteiger partial charge in [-0.1, -0.05) is 6.92 Å². The van der Waals surface area contributed by atoms with Gasteiger partial charge < -0.3 is 8.98 Å². The van der Waals surface area contributed by atoms with Crippen LogP contribution in [0.2, 0.25) is 0 Å². The molecule has 98 valence electrons. The van der Waals surface area contributed by atoms with Gasteiger partial charge in [0.15, 0.2) is 0 Å². The summed E-state index contributed by atoms with van der Waals surface area (Å²) in [6.45, 7) is 6.40. The summed E-state index contributed by atoms with van der Waals surface area (Å²) in [6.07, 6.45) is 4.85. The molecule has 2 rings (SSSR count). The van der Waals surface area contributed by atoms with Crippen LogP contribution in [0.15, 0.2) is 16.8 Å². The van der Waals surface area contributed by atoms with Gasteiger partial charge >= 0.3 is 0 Å². The van der Waals surface area contributed by atoms with E-state index in [1.165, 1.54) is 0 Å². The first-order chi connectivity index (χ1) is 8.69. The van der Waals surface area contributed by atoms with Crippen molar-refractivity contribution in [2.75, 3.05) is 6.54 Å². The monoisotopic (exact) mass is 249 g/mol. The first-order valence-corrected chi connectivity index (χ1v) is 6.16. The Balaban J connectivity index is 2.02. The first-order valence-electron chi connectivity index (χ1n) is 6.16. The second-order valence-electron chi connectivity index (χ2n) is 4.38. The molecular weight excluding hydrogens is 230 g/mol. The fourth-order valence-corrected chi connectivity index (χ4v) is 1.87. The molecule has 0 amide bonds. The number of imidazole rings is 1. The maximum absolute atomic E-state index is 5.42. The molecular formula is C12H19N5O. The third-order valence-corrected chi connectivity index (χ3v) is 2.75. The molecule has 0 aromatic carbocycles. The third kappa shape index (κ3) is 3.16. The summed E-state index contributed by atoms with van der Waals surface area (Å²) in [7, 11) is 2.00. The standard InChI is InChI=1S/C12H19N5O/c1-4-6-17(8-11-13-5-7-16(11)3)9-12-15-14-10(2)18-12/h5,7H,4,6,8-9H2,1-3H3. The Labute approximate surface area is 107 Å². The van der Waals surface area contributed by atoms with Crippen molar-refractivity contribution in [1.82, 2.24) is 24.6 Å². The van der Waals surface area contributed by atoms with Gasteiger partial charge in [0.2, 0.25) is 11.8 Å². The molecule has 2 heterocycles. The van der Waals surface area contributed by atoms with Crippen molar-refractivity contribution in [2.24, 2.45) is 7.05 Å². The molecule has 0 aliphatic heterocycles. The summed E-state index contributed by atoms with van der Waals surface area (Å²) in [5.41, 5.74) is 0. The van der Waals surface area contributed by atoms with E-state index < -0.39 is 0 Å². The van der Waals surface area contributed by atoms with Crippen LogP contribution in [-0.4, -0.2) is 31.2 Å². The number of aryl methyl sites for hydroxylation is 2. The molecule has 0 aliphatic carbocycles. The first kappa shape index (κ1) is 12.8. The lowest BCUT2D eigenvalue weighted by Crippen LogP contribution is -2.25. The zero-order valence-corrected chi connectivity index (χ0v) is 11.1. The van der Waals surface area contributed by atoms with Crippen LogP contribution in [0.1, 0.15) is 31.0 Å². The highest BCUT2D eigenvalue weighted by molar-refractivity contribution is 4.91. The minimum atomic E-state index is 0.610. The van der Waals surface area contributed by atoms with Crippen LogP contribution >= 0.6 is 0 Å². The summed E-state index contributed by atoms with van der Waals surface area (Å²) in [4.78, 5) is 6.60. The summed E-state index contributed by atoms with van der Waals surface area (Å²) < 4.78 is 7.45. The highest BCUT2D eigenvalue weighted by Crippen LogP contribution is 2.08. The number of aromatic nitrogens is 4. The molecule has 0 aliphatic rings. The molecule has 0 bridgehead atoms. The van der Waals surface area contributed by atoms with Crippen molar-refractivity contribution >= 4 is 0 Å². The lowest BCUT2D eigenvalue weighted by Gasteiger charge is -2.19. The highest BCUT2D eigenvalue weighted by Gasteiger charge is 2.12. The molecule has 0 radical (unpaired) electrons. The predicted octanol–water partition coefficient (Wildman–Crippen LogP) is 1.52. The Bertz CT molecular complexity index is 490.